The Labute approximate surface area is 128 Å². The Morgan fingerprint density at radius 1 is 1.14 bits per heavy atom. The second kappa shape index (κ2) is 6.03. The van der Waals surface area contributed by atoms with Gasteiger partial charge in [0, 0.05) is 11.6 Å². The average Bonchev–Trinajstić information content (AvgIpc) is 2.36. The molecule has 1 N–H and O–H groups in total. The van der Waals surface area contributed by atoms with Gasteiger partial charge in [-0.3, -0.25) is 4.72 Å². The molecule has 0 aliphatic heterocycles. The van der Waals surface area contributed by atoms with E-state index in [9.17, 15) is 12.8 Å². The Bertz CT molecular complexity index is 752. The molecule has 0 atom stereocenters. The molecule has 0 saturated heterocycles. The molecule has 0 saturated carbocycles. The van der Waals surface area contributed by atoms with Crippen molar-refractivity contribution in [2.45, 2.75) is 24.6 Å². The van der Waals surface area contributed by atoms with E-state index in [1.165, 1.54) is 12.1 Å². The van der Waals surface area contributed by atoms with Gasteiger partial charge in [-0.15, -0.1) is 11.6 Å². The fourth-order valence-electron chi connectivity index (χ4n) is 2.25. The van der Waals surface area contributed by atoms with E-state index >= 15 is 0 Å². The summed E-state index contributed by atoms with van der Waals surface area (Å²) in [7, 11) is -3.78. The van der Waals surface area contributed by atoms with Crippen LogP contribution in [0.15, 0.2) is 41.3 Å². The average molecular weight is 328 g/mol. The van der Waals surface area contributed by atoms with E-state index in [2.05, 4.69) is 4.72 Å². The van der Waals surface area contributed by atoms with Gasteiger partial charge in [-0.2, -0.15) is 0 Å². The molecule has 0 unspecified atom stereocenters. The number of alkyl halides is 1. The number of aryl methyl sites for hydroxylation is 2. The molecular weight excluding hydrogens is 313 g/mol. The van der Waals surface area contributed by atoms with E-state index in [1.807, 2.05) is 0 Å². The lowest BCUT2D eigenvalue weighted by Crippen LogP contribution is -2.16. The van der Waals surface area contributed by atoms with E-state index in [4.69, 9.17) is 11.6 Å². The summed E-state index contributed by atoms with van der Waals surface area (Å²) in [5.74, 6) is -0.155. The fourth-order valence-corrected chi connectivity index (χ4v) is 3.92. The number of rotatable bonds is 4. The lowest BCUT2D eigenvalue weighted by molar-refractivity contribution is 0.597. The number of hydrogen-bond donors (Lipinski definition) is 1. The summed E-state index contributed by atoms with van der Waals surface area (Å²) in [5.41, 5.74) is 1.97. The first-order valence-corrected chi connectivity index (χ1v) is 8.30. The first-order valence-electron chi connectivity index (χ1n) is 6.28. The molecular formula is C15H15ClFNO2S. The molecule has 112 valence electrons. The number of halogens is 2. The van der Waals surface area contributed by atoms with E-state index in [1.54, 1.807) is 38.1 Å². The largest absolute Gasteiger partial charge is 0.280 e. The predicted molar refractivity (Wildman–Crippen MR) is 82.7 cm³/mol. The minimum Gasteiger partial charge on any atom is -0.280 e. The van der Waals surface area contributed by atoms with Crippen LogP contribution in [0.2, 0.25) is 0 Å². The standard InChI is InChI=1S/C15H15ClFNO2S/c1-10-6-13(17)7-11(2)15(10)21(19,20)18-14-5-3-4-12(8-14)9-16/h3-8,18H,9H2,1-2H3. The number of sulfonamides is 1. The summed E-state index contributed by atoms with van der Waals surface area (Å²) in [6.07, 6.45) is 0. The Kier molecular flexibility index (Phi) is 4.54. The van der Waals surface area contributed by atoms with E-state index < -0.39 is 15.8 Å². The van der Waals surface area contributed by atoms with Gasteiger partial charge >= 0.3 is 0 Å². The molecule has 3 nitrogen and oxygen atoms in total. The summed E-state index contributed by atoms with van der Waals surface area (Å²) >= 11 is 5.74. The topological polar surface area (TPSA) is 46.2 Å². The zero-order valence-electron chi connectivity index (χ0n) is 11.7. The highest BCUT2D eigenvalue weighted by Gasteiger charge is 2.20. The van der Waals surface area contributed by atoms with Crippen LogP contribution in [0.1, 0.15) is 16.7 Å². The lowest BCUT2D eigenvalue weighted by atomic mass is 10.1. The Hall–Kier alpha value is -1.59. The van der Waals surface area contributed by atoms with Gasteiger partial charge in [-0.1, -0.05) is 12.1 Å². The SMILES string of the molecule is Cc1cc(F)cc(C)c1S(=O)(=O)Nc1cccc(CCl)c1. The molecule has 21 heavy (non-hydrogen) atoms. The van der Waals surface area contributed by atoms with Crippen LogP contribution >= 0.6 is 11.6 Å². The van der Waals surface area contributed by atoms with E-state index in [0.29, 0.717) is 22.7 Å². The van der Waals surface area contributed by atoms with Crippen molar-refractivity contribution >= 4 is 27.3 Å². The van der Waals surface area contributed by atoms with Gasteiger partial charge in [0.05, 0.1) is 4.90 Å². The summed E-state index contributed by atoms with van der Waals surface area (Å²) < 4.78 is 40.8. The molecule has 0 heterocycles. The fraction of sp³-hybridized carbons (Fsp3) is 0.200. The van der Waals surface area contributed by atoms with Crippen molar-refractivity contribution in [3.05, 3.63) is 58.9 Å². The maximum absolute atomic E-state index is 13.3. The van der Waals surface area contributed by atoms with E-state index in [0.717, 1.165) is 5.56 Å². The van der Waals surface area contributed by atoms with Crippen LogP contribution in [0, 0.1) is 19.7 Å². The highest BCUT2D eigenvalue weighted by atomic mass is 35.5. The second-order valence-electron chi connectivity index (χ2n) is 4.81. The molecule has 2 aromatic rings. The van der Waals surface area contributed by atoms with E-state index in [-0.39, 0.29) is 4.90 Å². The van der Waals surface area contributed by atoms with Crippen molar-refractivity contribution in [2.75, 3.05) is 4.72 Å². The van der Waals surface area contributed by atoms with Crippen molar-refractivity contribution in [2.24, 2.45) is 0 Å². The van der Waals surface area contributed by atoms with Crippen LogP contribution in [-0.4, -0.2) is 8.42 Å². The molecule has 0 aromatic heterocycles. The summed E-state index contributed by atoms with van der Waals surface area (Å²) in [4.78, 5) is 0.0974. The molecule has 0 aliphatic carbocycles. The minimum absolute atomic E-state index is 0.0974. The highest BCUT2D eigenvalue weighted by molar-refractivity contribution is 7.92. The molecule has 0 bridgehead atoms. The van der Waals surface area contributed by atoms with Crippen LogP contribution in [0.4, 0.5) is 10.1 Å². The lowest BCUT2D eigenvalue weighted by Gasteiger charge is -2.13. The monoisotopic (exact) mass is 327 g/mol. The number of nitrogens with one attached hydrogen (secondary N) is 1. The first kappa shape index (κ1) is 15.8. The van der Waals surface area contributed by atoms with Crippen LogP contribution < -0.4 is 4.72 Å². The molecule has 2 rings (SSSR count). The predicted octanol–water partition coefficient (Wildman–Crippen LogP) is 3.98. The zero-order valence-corrected chi connectivity index (χ0v) is 13.2. The summed E-state index contributed by atoms with van der Waals surface area (Å²) in [6, 6.07) is 9.24. The van der Waals surface area contributed by atoms with Gasteiger partial charge in [0.1, 0.15) is 5.82 Å². The van der Waals surface area contributed by atoms with Crippen molar-refractivity contribution in [1.82, 2.24) is 0 Å². The van der Waals surface area contributed by atoms with Gasteiger partial charge in [-0.25, -0.2) is 12.8 Å². The maximum atomic E-state index is 13.3. The number of hydrogen-bond acceptors (Lipinski definition) is 2. The van der Waals surface area contributed by atoms with Gasteiger partial charge < -0.3 is 0 Å². The number of anilines is 1. The quantitative estimate of drug-likeness (QED) is 0.863. The maximum Gasteiger partial charge on any atom is 0.262 e. The summed E-state index contributed by atoms with van der Waals surface area (Å²) in [6.45, 7) is 3.14. The normalized spacial score (nSPS) is 11.4. The Morgan fingerprint density at radius 3 is 2.33 bits per heavy atom. The molecule has 0 amide bonds. The van der Waals surface area contributed by atoms with Crippen molar-refractivity contribution < 1.29 is 12.8 Å². The molecule has 0 aliphatic rings. The Balaban J connectivity index is 2.43. The third kappa shape index (κ3) is 3.54. The van der Waals surface area contributed by atoms with Crippen molar-refractivity contribution in [3.8, 4) is 0 Å². The third-order valence-electron chi connectivity index (χ3n) is 3.03. The molecule has 0 radical (unpaired) electrons. The summed E-state index contributed by atoms with van der Waals surface area (Å²) in [5, 5.41) is 0. The smallest absolute Gasteiger partial charge is 0.262 e. The minimum atomic E-state index is -3.78. The van der Waals surface area contributed by atoms with Crippen LogP contribution in [-0.2, 0) is 15.9 Å². The zero-order chi connectivity index (χ0) is 15.6. The van der Waals surface area contributed by atoms with Crippen LogP contribution in [0.5, 0.6) is 0 Å². The second-order valence-corrected chi connectivity index (χ2v) is 6.69. The van der Waals surface area contributed by atoms with Gasteiger partial charge in [0.2, 0.25) is 0 Å². The molecule has 2 aromatic carbocycles. The van der Waals surface area contributed by atoms with Crippen molar-refractivity contribution in [3.63, 3.8) is 0 Å². The number of benzene rings is 2. The van der Waals surface area contributed by atoms with Crippen LogP contribution in [0.25, 0.3) is 0 Å². The first-order chi connectivity index (χ1) is 9.83. The van der Waals surface area contributed by atoms with Gasteiger partial charge in [0.15, 0.2) is 0 Å². The Morgan fingerprint density at radius 2 is 1.76 bits per heavy atom. The van der Waals surface area contributed by atoms with Crippen LogP contribution in [0.3, 0.4) is 0 Å². The van der Waals surface area contributed by atoms with Crippen molar-refractivity contribution in [1.29, 1.82) is 0 Å². The molecule has 6 heteroatoms. The molecule has 0 fully saturated rings. The molecule has 0 spiro atoms. The van der Waals surface area contributed by atoms with Gasteiger partial charge in [0.25, 0.3) is 10.0 Å². The third-order valence-corrected chi connectivity index (χ3v) is 5.02. The van der Waals surface area contributed by atoms with Gasteiger partial charge in [-0.05, 0) is 54.8 Å². The highest BCUT2D eigenvalue weighted by Crippen LogP contribution is 2.24.